The SMILES string of the molecule is O=C(Cc1ccccc1)Nc1cccc(C#CCCO)n1. The summed E-state index contributed by atoms with van der Waals surface area (Å²) in [6.45, 7) is 0.0283. The molecule has 21 heavy (non-hydrogen) atoms. The number of benzene rings is 1. The van der Waals surface area contributed by atoms with Gasteiger partial charge >= 0.3 is 0 Å². The van der Waals surface area contributed by atoms with E-state index in [1.165, 1.54) is 0 Å². The summed E-state index contributed by atoms with van der Waals surface area (Å²) in [5.74, 6) is 5.99. The molecule has 0 fully saturated rings. The maximum atomic E-state index is 11.9. The van der Waals surface area contributed by atoms with Crippen LogP contribution in [-0.2, 0) is 11.2 Å². The van der Waals surface area contributed by atoms with Gasteiger partial charge in [-0.25, -0.2) is 4.98 Å². The number of aliphatic hydroxyl groups excluding tert-OH is 1. The molecule has 1 heterocycles. The van der Waals surface area contributed by atoms with Gasteiger partial charge in [-0.15, -0.1) is 0 Å². The summed E-state index contributed by atoms with van der Waals surface area (Å²) in [5.41, 5.74) is 1.52. The molecular formula is C17H16N2O2. The van der Waals surface area contributed by atoms with Crippen molar-refractivity contribution in [2.75, 3.05) is 11.9 Å². The first kappa shape index (κ1) is 14.8. The van der Waals surface area contributed by atoms with Gasteiger partial charge in [0.2, 0.25) is 5.91 Å². The average molecular weight is 280 g/mol. The lowest BCUT2D eigenvalue weighted by atomic mass is 10.1. The van der Waals surface area contributed by atoms with Crippen molar-refractivity contribution in [2.45, 2.75) is 12.8 Å². The fourth-order valence-corrected chi connectivity index (χ4v) is 1.75. The van der Waals surface area contributed by atoms with Gasteiger partial charge in [0.15, 0.2) is 0 Å². The molecule has 4 heteroatoms. The van der Waals surface area contributed by atoms with Gasteiger partial charge in [0.1, 0.15) is 11.5 Å². The highest BCUT2D eigenvalue weighted by Gasteiger charge is 2.04. The van der Waals surface area contributed by atoms with Crippen molar-refractivity contribution < 1.29 is 9.90 Å². The molecule has 0 bridgehead atoms. The van der Waals surface area contributed by atoms with Crippen LogP contribution in [0.15, 0.2) is 48.5 Å². The van der Waals surface area contributed by atoms with Crippen molar-refractivity contribution in [1.29, 1.82) is 0 Å². The van der Waals surface area contributed by atoms with Crippen LogP contribution in [0.2, 0.25) is 0 Å². The fourth-order valence-electron chi connectivity index (χ4n) is 1.75. The lowest BCUT2D eigenvalue weighted by Gasteiger charge is -2.04. The fraction of sp³-hybridized carbons (Fsp3) is 0.176. The minimum absolute atomic E-state index is 0.0283. The molecule has 2 N–H and O–H groups in total. The van der Waals surface area contributed by atoms with Crippen molar-refractivity contribution in [1.82, 2.24) is 4.98 Å². The van der Waals surface area contributed by atoms with E-state index < -0.39 is 0 Å². The molecule has 0 spiro atoms. The molecule has 0 aliphatic heterocycles. The zero-order valence-corrected chi connectivity index (χ0v) is 11.5. The first-order chi connectivity index (χ1) is 10.3. The van der Waals surface area contributed by atoms with E-state index in [4.69, 9.17) is 5.11 Å². The number of amides is 1. The summed E-state index contributed by atoms with van der Waals surface area (Å²) in [6, 6.07) is 14.8. The topological polar surface area (TPSA) is 62.2 Å². The second-order valence-electron chi connectivity index (χ2n) is 4.39. The summed E-state index contributed by atoms with van der Waals surface area (Å²) in [7, 11) is 0. The Kier molecular flexibility index (Phi) is 5.50. The van der Waals surface area contributed by atoms with Crippen molar-refractivity contribution in [3.8, 4) is 11.8 Å². The number of aromatic nitrogens is 1. The number of rotatable bonds is 4. The van der Waals surface area contributed by atoms with E-state index in [1.54, 1.807) is 18.2 Å². The molecule has 0 atom stereocenters. The van der Waals surface area contributed by atoms with Crippen molar-refractivity contribution in [3.63, 3.8) is 0 Å². The van der Waals surface area contributed by atoms with Crippen LogP contribution in [-0.4, -0.2) is 22.6 Å². The Morgan fingerprint density at radius 2 is 1.95 bits per heavy atom. The lowest BCUT2D eigenvalue weighted by Crippen LogP contribution is -2.15. The molecule has 0 aliphatic carbocycles. The Bertz CT molecular complexity index is 657. The maximum absolute atomic E-state index is 11.9. The third-order valence-electron chi connectivity index (χ3n) is 2.68. The maximum Gasteiger partial charge on any atom is 0.229 e. The van der Waals surface area contributed by atoms with Crippen molar-refractivity contribution >= 4 is 11.7 Å². The van der Waals surface area contributed by atoms with Crippen LogP contribution in [0.5, 0.6) is 0 Å². The van der Waals surface area contributed by atoms with E-state index in [9.17, 15) is 4.79 Å². The standard InChI is InChI=1S/C17H16N2O2/c20-12-5-4-9-15-10-6-11-16(18-15)19-17(21)13-14-7-2-1-3-8-14/h1-3,6-8,10-11,20H,5,12-13H2,(H,18,19,21). The number of carbonyl (C=O) groups excluding carboxylic acids is 1. The van der Waals surface area contributed by atoms with E-state index in [1.807, 2.05) is 30.3 Å². The molecule has 2 aromatic rings. The Morgan fingerprint density at radius 3 is 2.71 bits per heavy atom. The first-order valence-electron chi connectivity index (χ1n) is 6.68. The predicted molar refractivity (Wildman–Crippen MR) is 81.6 cm³/mol. The quantitative estimate of drug-likeness (QED) is 0.842. The van der Waals surface area contributed by atoms with Crippen LogP contribution in [0.25, 0.3) is 0 Å². The number of aliphatic hydroxyl groups is 1. The summed E-state index contributed by atoms with van der Waals surface area (Å²) < 4.78 is 0. The molecule has 0 saturated carbocycles. The van der Waals surface area contributed by atoms with E-state index in [2.05, 4.69) is 22.1 Å². The largest absolute Gasteiger partial charge is 0.395 e. The molecule has 0 radical (unpaired) electrons. The molecule has 1 aromatic carbocycles. The molecule has 0 aliphatic rings. The summed E-state index contributed by atoms with van der Waals surface area (Å²) in [6.07, 6.45) is 0.717. The highest BCUT2D eigenvalue weighted by atomic mass is 16.2. The highest BCUT2D eigenvalue weighted by Crippen LogP contribution is 2.06. The van der Waals surface area contributed by atoms with E-state index in [0.717, 1.165) is 5.56 Å². The number of hydrogen-bond acceptors (Lipinski definition) is 3. The molecule has 4 nitrogen and oxygen atoms in total. The van der Waals surface area contributed by atoms with Crippen LogP contribution in [0.4, 0.5) is 5.82 Å². The van der Waals surface area contributed by atoms with E-state index >= 15 is 0 Å². The third-order valence-corrected chi connectivity index (χ3v) is 2.68. The van der Waals surface area contributed by atoms with Gasteiger partial charge < -0.3 is 10.4 Å². The summed E-state index contributed by atoms with van der Waals surface area (Å²) >= 11 is 0. The van der Waals surface area contributed by atoms with Gasteiger partial charge in [-0.2, -0.15) is 0 Å². The van der Waals surface area contributed by atoms with Gasteiger partial charge in [-0.1, -0.05) is 42.3 Å². The molecule has 1 aromatic heterocycles. The summed E-state index contributed by atoms with van der Waals surface area (Å²) in [4.78, 5) is 16.2. The average Bonchev–Trinajstić information content (AvgIpc) is 2.49. The Balaban J connectivity index is 1.98. The molecule has 0 unspecified atom stereocenters. The van der Waals surface area contributed by atoms with E-state index in [-0.39, 0.29) is 12.5 Å². The normalized spacial score (nSPS) is 9.57. The number of hydrogen-bond donors (Lipinski definition) is 2. The number of carbonyl (C=O) groups is 1. The van der Waals surface area contributed by atoms with Gasteiger partial charge in [0, 0.05) is 6.42 Å². The van der Waals surface area contributed by atoms with Gasteiger partial charge in [-0.05, 0) is 23.6 Å². The smallest absolute Gasteiger partial charge is 0.229 e. The molecule has 106 valence electrons. The molecule has 0 saturated heterocycles. The minimum Gasteiger partial charge on any atom is -0.395 e. The van der Waals surface area contributed by atoms with Crippen LogP contribution < -0.4 is 5.32 Å². The predicted octanol–water partition coefficient (Wildman–Crippen LogP) is 2.00. The van der Waals surface area contributed by atoms with Crippen LogP contribution in [0.1, 0.15) is 17.7 Å². The zero-order chi connectivity index (χ0) is 14.9. The summed E-state index contributed by atoms with van der Waals surface area (Å²) in [5, 5.41) is 11.4. The van der Waals surface area contributed by atoms with Crippen LogP contribution >= 0.6 is 0 Å². The van der Waals surface area contributed by atoms with Gasteiger partial charge in [0.25, 0.3) is 0 Å². The minimum atomic E-state index is -0.117. The number of pyridine rings is 1. The Hall–Kier alpha value is -2.64. The Morgan fingerprint density at radius 1 is 1.14 bits per heavy atom. The number of anilines is 1. The zero-order valence-electron chi connectivity index (χ0n) is 11.5. The second kappa shape index (κ2) is 7.83. The lowest BCUT2D eigenvalue weighted by molar-refractivity contribution is -0.115. The monoisotopic (exact) mass is 280 g/mol. The number of nitrogens with zero attached hydrogens (tertiary/aromatic N) is 1. The third kappa shape index (κ3) is 5.09. The number of nitrogens with one attached hydrogen (secondary N) is 1. The Labute approximate surface area is 123 Å². The van der Waals surface area contributed by atoms with Gasteiger partial charge in [-0.3, -0.25) is 4.79 Å². The van der Waals surface area contributed by atoms with Crippen molar-refractivity contribution in [3.05, 3.63) is 59.8 Å². The van der Waals surface area contributed by atoms with Gasteiger partial charge in [0.05, 0.1) is 13.0 Å². The second-order valence-corrected chi connectivity index (χ2v) is 4.39. The van der Waals surface area contributed by atoms with Crippen LogP contribution in [0.3, 0.4) is 0 Å². The van der Waals surface area contributed by atoms with E-state index in [0.29, 0.717) is 24.4 Å². The molecule has 1 amide bonds. The van der Waals surface area contributed by atoms with Crippen molar-refractivity contribution in [2.24, 2.45) is 0 Å². The molecular weight excluding hydrogens is 264 g/mol. The first-order valence-corrected chi connectivity index (χ1v) is 6.68. The van der Waals surface area contributed by atoms with Crippen LogP contribution in [0, 0.1) is 11.8 Å². The highest BCUT2D eigenvalue weighted by molar-refractivity contribution is 5.91. The molecule has 2 rings (SSSR count).